The number of hydrogen-bond acceptors (Lipinski definition) is 8. The zero-order valence-corrected chi connectivity index (χ0v) is 28.7. The summed E-state index contributed by atoms with van der Waals surface area (Å²) in [6.07, 6.45) is 6.31. The smallest absolute Gasteiger partial charge is 0.264 e. The van der Waals surface area contributed by atoms with Crippen LogP contribution in [-0.2, 0) is 18.4 Å². The van der Waals surface area contributed by atoms with Gasteiger partial charge >= 0.3 is 0 Å². The first-order valence-corrected chi connectivity index (χ1v) is 17.4. The maximum Gasteiger partial charge on any atom is 0.264 e. The number of aliphatic hydroxyl groups is 1. The van der Waals surface area contributed by atoms with Gasteiger partial charge in [-0.15, -0.1) is 11.3 Å². The lowest BCUT2D eigenvalue weighted by molar-refractivity contribution is -0.142. The number of pyridine rings is 1. The second kappa shape index (κ2) is 13.2. The summed E-state index contributed by atoms with van der Waals surface area (Å²) in [5.41, 5.74) is 2.12. The van der Waals surface area contributed by atoms with Gasteiger partial charge in [0.05, 0.1) is 34.4 Å². The number of thiophene rings is 1. The van der Waals surface area contributed by atoms with Crippen molar-refractivity contribution in [2.24, 2.45) is 13.0 Å². The molecule has 254 valence electrons. The monoisotopic (exact) mass is 680 g/mol. The Hall–Kier alpha value is -4.81. The van der Waals surface area contributed by atoms with Crippen LogP contribution in [0.5, 0.6) is 5.75 Å². The van der Waals surface area contributed by atoms with Crippen molar-refractivity contribution < 1.29 is 19.4 Å². The summed E-state index contributed by atoms with van der Waals surface area (Å²) in [6.45, 7) is 3.69. The van der Waals surface area contributed by atoms with E-state index in [9.17, 15) is 19.5 Å². The van der Waals surface area contributed by atoms with Crippen LogP contribution in [0.4, 0.5) is 0 Å². The summed E-state index contributed by atoms with van der Waals surface area (Å²) >= 11 is 1.39. The number of rotatable bonds is 7. The third-order valence-corrected chi connectivity index (χ3v) is 11.2. The molecule has 2 atom stereocenters. The number of piperidine rings is 2. The van der Waals surface area contributed by atoms with Crippen molar-refractivity contribution in [2.45, 2.75) is 44.2 Å². The molecule has 1 N–H and O–H groups in total. The normalized spacial score (nSPS) is 19.3. The van der Waals surface area contributed by atoms with Crippen molar-refractivity contribution in [3.05, 3.63) is 99.8 Å². The van der Waals surface area contributed by atoms with E-state index in [-0.39, 0.29) is 35.8 Å². The maximum atomic E-state index is 14.2. The average molecular weight is 681 g/mol. The molecule has 2 saturated heterocycles. The van der Waals surface area contributed by atoms with E-state index in [2.05, 4.69) is 9.97 Å². The number of benzene rings is 1. The number of hydrogen-bond donors (Lipinski definition) is 1. The van der Waals surface area contributed by atoms with Gasteiger partial charge in [0.25, 0.3) is 11.5 Å². The molecule has 12 heteroatoms. The number of nitrogens with zero attached hydrogens (tertiary/aromatic N) is 6. The number of aromatic nitrogens is 4. The van der Waals surface area contributed by atoms with Gasteiger partial charge in [0, 0.05) is 74.8 Å². The predicted octanol–water partition coefficient (Wildman–Crippen LogP) is 4.48. The first-order valence-electron chi connectivity index (χ1n) is 16.6. The van der Waals surface area contributed by atoms with Gasteiger partial charge in [-0.1, -0.05) is 36.4 Å². The molecule has 2 aliphatic heterocycles. The molecule has 0 aliphatic carbocycles. The second-order valence-corrected chi connectivity index (χ2v) is 14.3. The summed E-state index contributed by atoms with van der Waals surface area (Å²) in [6, 6.07) is 17.4. The predicted molar refractivity (Wildman–Crippen MR) is 188 cm³/mol. The Morgan fingerprint density at radius 1 is 1.04 bits per heavy atom. The van der Waals surface area contributed by atoms with Gasteiger partial charge in [0.1, 0.15) is 17.7 Å². The fourth-order valence-electron chi connectivity index (χ4n) is 7.21. The minimum absolute atomic E-state index is 0.0412. The summed E-state index contributed by atoms with van der Waals surface area (Å²) in [5, 5.41) is 12.0. The van der Waals surface area contributed by atoms with Gasteiger partial charge in [-0.25, -0.2) is 4.98 Å². The van der Waals surface area contributed by atoms with E-state index < -0.39 is 5.60 Å². The molecule has 6 heterocycles. The Bertz CT molecular complexity index is 2050. The molecule has 4 aromatic heterocycles. The third-order valence-electron chi connectivity index (χ3n) is 10.1. The molecule has 7 rings (SSSR count). The molecule has 0 spiro atoms. The quantitative estimate of drug-likeness (QED) is 0.269. The number of methoxy groups -OCH3 is 1. The Kier molecular flexibility index (Phi) is 8.84. The first-order chi connectivity index (χ1) is 23.6. The largest absolute Gasteiger partial charge is 0.495 e. The van der Waals surface area contributed by atoms with Crippen LogP contribution in [0.25, 0.3) is 21.5 Å². The topological polar surface area (TPSA) is 123 Å². The van der Waals surface area contributed by atoms with Crippen molar-refractivity contribution in [1.29, 1.82) is 0 Å². The van der Waals surface area contributed by atoms with Crippen LogP contribution in [0.2, 0.25) is 0 Å². The second-order valence-electron chi connectivity index (χ2n) is 13.3. The van der Waals surface area contributed by atoms with Crippen molar-refractivity contribution in [3.63, 3.8) is 0 Å². The third kappa shape index (κ3) is 6.38. The Balaban J connectivity index is 1.06. The number of ether oxygens (including phenoxy) is 1. The molecule has 2 amide bonds. The summed E-state index contributed by atoms with van der Waals surface area (Å²) < 4.78 is 8.92. The molecule has 1 aromatic carbocycles. The van der Waals surface area contributed by atoms with Crippen LogP contribution >= 0.6 is 11.3 Å². The summed E-state index contributed by atoms with van der Waals surface area (Å²) in [5.74, 6) is 0.104. The van der Waals surface area contributed by atoms with Crippen LogP contribution in [0.15, 0.2) is 78.1 Å². The molecule has 49 heavy (non-hydrogen) atoms. The standard InChI is InChI=1S/C37H40N6O5S/c1-24-9-10-26(20-38-24)32-30(48-3)19-31(49-32)36(46)42-16-12-27(29(21-42)25-7-5-4-6-8-25)34(44)41-17-13-37(47,14-18-41)22-43-23-39-33-28(35(43)45)11-15-40(33)2/h4-11,15,19-20,23,27,29,47H,12-14,16-18,21-22H2,1-3H3/t27-,29+/m1/s1. The van der Waals surface area contributed by atoms with Gasteiger partial charge < -0.3 is 24.2 Å². The van der Waals surface area contributed by atoms with E-state index in [4.69, 9.17) is 4.74 Å². The highest BCUT2D eigenvalue weighted by atomic mass is 32.1. The summed E-state index contributed by atoms with van der Waals surface area (Å²) in [7, 11) is 3.44. The van der Waals surface area contributed by atoms with Gasteiger partial charge in [0.15, 0.2) is 0 Å². The van der Waals surface area contributed by atoms with E-state index in [0.717, 1.165) is 21.7 Å². The molecule has 2 aliphatic rings. The van der Waals surface area contributed by atoms with Crippen molar-refractivity contribution in [1.82, 2.24) is 28.9 Å². The Morgan fingerprint density at radius 2 is 1.82 bits per heavy atom. The molecule has 0 unspecified atom stereocenters. The number of carbonyl (C=O) groups excluding carboxylic acids is 2. The van der Waals surface area contributed by atoms with Gasteiger partial charge in [0.2, 0.25) is 5.91 Å². The molecule has 0 bridgehead atoms. The van der Waals surface area contributed by atoms with Crippen LogP contribution in [0.1, 0.15) is 46.1 Å². The minimum Gasteiger partial charge on any atom is -0.495 e. The number of fused-ring (bicyclic) bond motifs is 1. The fourth-order valence-corrected chi connectivity index (χ4v) is 8.29. The summed E-state index contributed by atoms with van der Waals surface area (Å²) in [4.78, 5) is 55.2. The minimum atomic E-state index is -1.13. The maximum absolute atomic E-state index is 14.2. The van der Waals surface area contributed by atoms with E-state index in [1.54, 1.807) is 36.2 Å². The van der Waals surface area contributed by atoms with Crippen molar-refractivity contribution >= 4 is 34.2 Å². The number of carbonyl (C=O) groups is 2. The molecular formula is C37H40N6O5S. The highest BCUT2D eigenvalue weighted by molar-refractivity contribution is 7.17. The number of aryl methyl sites for hydroxylation is 2. The number of likely N-dealkylation sites (tertiary alicyclic amines) is 2. The zero-order valence-electron chi connectivity index (χ0n) is 27.9. The van der Waals surface area contributed by atoms with Crippen molar-refractivity contribution in [3.8, 4) is 16.2 Å². The van der Waals surface area contributed by atoms with Gasteiger partial charge in [-0.2, -0.15) is 0 Å². The highest BCUT2D eigenvalue weighted by Crippen LogP contribution is 2.41. The van der Waals surface area contributed by atoms with Gasteiger partial charge in [-0.05, 0) is 43.9 Å². The van der Waals surface area contributed by atoms with E-state index in [0.29, 0.717) is 67.1 Å². The molecular weight excluding hydrogens is 641 g/mol. The van der Waals surface area contributed by atoms with Crippen LogP contribution in [0.3, 0.4) is 0 Å². The Labute approximate surface area is 288 Å². The van der Waals surface area contributed by atoms with E-state index in [1.165, 1.54) is 22.2 Å². The van der Waals surface area contributed by atoms with Crippen LogP contribution in [0, 0.1) is 12.8 Å². The molecule has 11 nitrogen and oxygen atoms in total. The van der Waals surface area contributed by atoms with Crippen LogP contribution < -0.4 is 10.3 Å². The molecule has 5 aromatic rings. The Morgan fingerprint density at radius 3 is 2.53 bits per heavy atom. The van der Waals surface area contributed by atoms with Crippen molar-refractivity contribution in [2.75, 3.05) is 33.3 Å². The molecule has 0 saturated carbocycles. The highest BCUT2D eigenvalue weighted by Gasteiger charge is 2.42. The van der Waals surface area contributed by atoms with E-state index in [1.807, 2.05) is 66.2 Å². The van der Waals surface area contributed by atoms with E-state index >= 15 is 0 Å². The lowest BCUT2D eigenvalue weighted by atomic mass is 9.79. The molecule has 0 radical (unpaired) electrons. The van der Waals surface area contributed by atoms with Crippen LogP contribution in [-0.4, -0.2) is 84.7 Å². The number of amides is 2. The lowest BCUT2D eigenvalue weighted by Crippen LogP contribution is -2.53. The SMILES string of the molecule is COc1cc(C(=O)N2CC[C@@H](C(=O)N3CCC(O)(Cn4cnc5c(ccn5C)c4=O)CC3)[C@H](c3ccccc3)C2)sc1-c1ccc(C)nc1. The zero-order chi connectivity index (χ0) is 34.3. The molecule has 2 fully saturated rings. The van der Waals surface area contributed by atoms with Gasteiger partial charge in [-0.3, -0.25) is 23.9 Å². The average Bonchev–Trinajstić information content (AvgIpc) is 3.73. The lowest BCUT2D eigenvalue weighted by Gasteiger charge is -2.43. The first kappa shape index (κ1) is 32.7. The fraction of sp³-hybridized carbons (Fsp3) is 0.378.